The molecule has 0 fully saturated rings. The number of esters is 1. The normalized spacial score (nSPS) is 10.2. The van der Waals surface area contributed by atoms with Crippen LogP contribution in [0.1, 0.15) is 32.8 Å². The molecule has 3 rings (SSSR count). The lowest BCUT2D eigenvalue weighted by molar-refractivity contribution is 0.0600. The van der Waals surface area contributed by atoms with Gasteiger partial charge < -0.3 is 15.4 Å². The number of rotatable bonds is 8. The SMILES string of the molecule is COC(=O)c1ccc(Nc2ccc(C(=O)NCCCc3ccccc3)nn2)cc1. The van der Waals surface area contributed by atoms with Crippen LogP contribution in [0.25, 0.3) is 0 Å². The number of benzene rings is 2. The van der Waals surface area contributed by atoms with Crippen molar-refractivity contribution in [1.29, 1.82) is 0 Å². The summed E-state index contributed by atoms with van der Waals surface area (Å²) >= 11 is 0. The van der Waals surface area contributed by atoms with Gasteiger partial charge in [-0.25, -0.2) is 4.79 Å². The van der Waals surface area contributed by atoms with Gasteiger partial charge in [0.2, 0.25) is 0 Å². The van der Waals surface area contributed by atoms with Crippen LogP contribution < -0.4 is 10.6 Å². The zero-order valence-electron chi connectivity index (χ0n) is 16.1. The number of hydrogen-bond acceptors (Lipinski definition) is 6. The molecule has 148 valence electrons. The molecule has 1 aromatic heterocycles. The van der Waals surface area contributed by atoms with Gasteiger partial charge in [0.05, 0.1) is 12.7 Å². The molecule has 0 aliphatic heterocycles. The molecule has 29 heavy (non-hydrogen) atoms. The average Bonchev–Trinajstić information content (AvgIpc) is 2.78. The summed E-state index contributed by atoms with van der Waals surface area (Å²) in [6.07, 6.45) is 1.76. The van der Waals surface area contributed by atoms with Crippen molar-refractivity contribution in [3.8, 4) is 0 Å². The fourth-order valence-electron chi connectivity index (χ4n) is 2.71. The van der Waals surface area contributed by atoms with E-state index in [1.165, 1.54) is 12.7 Å². The molecule has 2 N–H and O–H groups in total. The summed E-state index contributed by atoms with van der Waals surface area (Å²) in [5, 5.41) is 13.9. The lowest BCUT2D eigenvalue weighted by Crippen LogP contribution is -2.26. The fraction of sp³-hybridized carbons (Fsp3) is 0.182. The van der Waals surface area contributed by atoms with Gasteiger partial charge in [-0.1, -0.05) is 30.3 Å². The highest BCUT2D eigenvalue weighted by molar-refractivity contribution is 5.92. The van der Waals surface area contributed by atoms with Crippen LogP contribution in [0.2, 0.25) is 0 Å². The topological polar surface area (TPSA) is 93.2 Å². The first-order valence-electron chi connectivity index (χ1n) is 9.27. The smallest absolute Gasteiger partial charge is 0.337 e. The molecule has 0 bridgehead atoms. The number of methoxy groups -OCH3 is 1. The second-order valence-corrected chi connectivity index (χ2v) is 6.34. The van der Waals surface area contributed by atoms with Crippen LogP contribution in [0.4, 0.5) is 11.5 Å². The van der Waals surface area contributed by atoms with Gasteiger partial charge in [0.15, 0.2) is 11.5 Å². The minimum absolute atomic E-state index is 0.250. The summed E-state index contributed by atoms with van der Waals surface area (Å²) in [7, 11) is 1.34. The number of nitrogens with one attached hydrogen (secondary N) is 2. The zero-order valence-corrected chi connectivity index (χ0v) is 16.1. The van der Waals surface area contributed by atoms with Crippen molar-refractivity contribution in [2.24, 2.45) is 0 Å². The van der Waals surface area contributed by atoms with Gasteiger partial charge in [0, 0.05) is 12.2 Å². The van der Waals surface area contributed by atoms with E-state index >= 15 is 0 Å². The highest BCUT2D eigenvalue weighted by Crippen LogP contribution is 2.15. The van der Waals surface area contributed by atoms with Gasteiger partial charge in [-0.05, 0) is 54.8 Å². The summed E-state index contributed by atoms with van der Waals surface area (Å²) < 4.78 is 4.67. The van der Waals surface area contributed by atoms with Gasteiger partial charge in [-0.3, -0.25) is 4.79 Å². The highest BCUT2D eigenvalue weighted by Gasteiger charge is 2.08. The first-order chi connectivity index (χ1) is 14.2. The summed E-state index contributed by atoms with van der Waals surface area (Å²) in [6, 6.07) is 20.2. The van der Waals surface area contributed by atoms with Gasteiger partial charge in [0.25, 0.3) is 5.91 Å². The summed E-state index contributed by atoms with van der Waals surface area (Å²) in [6.45, 7) is 0.571. The van der Waals surface area contributed by atoms with Crippen LogP contribution >= 0.6 is 0 Å². The van der Waals surface area contributed by atoms with Gasteiger partial charge in [0.1, 0.15) is 0 Å². The van der Waals surface area contributed by atoms with Crippen LogP contribution in [-0.2, 0) is 11.2 Å². The molecular formula is C22H22N4O3. The molecule has 1 heterocycles. The van der Waals surface area contributed by atoms with Crippen molar-refractivity contribution in [2.45, 2.75) is 12.8 Å². The molecule has 3 aromatic rings. The Morgan fingerprint density at radius 1 is 0.931 bits per heavy atom. The molecular weight excluding hydrogens is 368 g/mol. The van der Waals surface area contributed by atoms with Crippen molar-refractivity contribution in [1.82, 2.24) is 15.5 Å². The van der Waals surface area contributed by atoms with Gasteiger partial charge in [-0.15, -0.1) is 10.2 Å². The van der Waals surface area contributed by atoms with E-state index in [0.717, 1.165) is 18.5 Å². The number of carbonyl (C=O) groups excluding carboxylic acids is 2. The number of aromatic nitrogens is 2. The van der Waals surface area contributed by atoms with E-state index in [0.29, 0.717) is 17.9 Å². The third-order valence-corrected chi connectivity index (χ3v) is 4.25. The number of amides is 1. The number of carbonyl (C=O) groups is 2. The van der Waals surface area contributed by atoms with Crippen LogP contribution in [0.15, 0.2) is 66.7 Å². The fourth-order valence-corrected chi connectivity index (χ4v) is 2.71. The number of nitrogens with zero attached hydrogens (tertiary/aromatic N) is 2. The molecule has 2 aromatic carbocycles. The predicted molar refractivity (Wildman–Crippen MR) is 110 cm³/mol. The van der Waals surface area contributed by atoms with E-state index in [1.54, 1.807) is 36.4 Å². The minimum Gasteiger partial charge on any atom is -0.465 e. The van der Waals surface area contributed by atoms with Crippen LogP contribution in [0, 0.1) is 0 Å². The van der Waals surface area contributed by atoms with Crippen LogP contribution in [0.3, 0.4) is 0 Å². The molecule has 0 spiro atoms. The van der Waals surface area contributed by atoms with Crippen molar-refractivity contribution in [3.05, 3.63) is 83.6 Å². The second-order valence-electron chi connectivity index (χ2n) is 6.34. The second kappa shape index (κ2) is 9.98. The molecule has 0 atom stereocenters. The maximum Gasteiger partial charge on any atom is 0.337 e. The summed E-state index contributed by atoms with van der Waals surface area (Å²) in [5.41, 5.74) is 2.71. The van der Waals surface area contributed by atoms with Gasteiger partial charge >= 0.3 is 5.97 Å². The van der Waals surface area contributed by atoms with E-state index < -0.39 is 5.97 Å². The number of hydrogen-bond donors (Lipinski definition) is 2. The monoisotopic (exact) mass is 390 g/mol. The van der Waals surface area contributed by atoms with E-state index in [4.69, 9.17) is 0 Å². The molecule has 0 saturated carbocycles. The minimum atomic E-state index is -0.393. The molecule has 0 radical (unpaired) electrons. The van der Waals surface area contributed by atoms with Crippen molar-refractivity contribution < 1.29 is 14.3 Å². The zero-order chi connectivity index (χ0) is 20.5. The van der Waals surface area contributed by atoms with Crippen LogP contribution in [0.5, 0.6) is 0 Å². The third kappa shape index (κ3) is 5.87. The average molecular weight is 390 g/mol. The maximum absolute atomic E-state index is 12.2. The molecule has 0 saturated heterocycles. The van der Waals surface area contributed by atoms with E-state index in [9.17, 15) is 9.59 Å². The molecule has 7 heteroatoms. The first kappa shape index (κ1) is 20.0. The van der Waals surface area contributed by atoms with Crippen molar-refractivity contribution in [3.63, 3.8) is 0 Å². The Bertz CT molecular complexity index is 942. The molecule has 0 unspecified atom stereocenters. The Hall–Kier alpha value is -3.74. The van der Waals surface area contributed by atoms with Gasteiger partial charge in [-0.2, -0.15) is 0 Å². The maximum atomic E-state index is 12.2. The molecule has 0 aliphatic carbocycles. The third-order valence-electron chi connectivity index (χ3n) is 4.25. The Morgan fingerprint density at radius 3 is 2.34 bits per heavy atom. The number of anilines is 2. The molecule has 1 amide bonds. The highest BCUT2D eigenvalue weighted by atomic mass is 16.5. The Labute approximate surface area is 169 Å². The number of ether oxygens (including phenoxy) is 1. The lowest BCUT2D eigenvalue weighted by Gasteiger charge is -2.07. The molecule has 7 nitrogen and oxygen atoms in total. The van der Waals surface area contributed by atoms with E-state index in [-0.39, 0.29) is 11.6 Å². The number of aryl methyl sites for hydroxylation is 1. The lowest BCUT2D eigenvalue weighted by atomic mass is 10.1. The Balaban J connectivity index is 1.47. The Kier molecular flexibility index (Phi) is 6.89. The quantitative estimate of drug-likeness (QED) is 0.452. The molecule has 0 aliphatic rings. The largest absolute Gasteiger partial charge is 0.465 e. The van der Waals surface area contributed by atoms with E-state index in [1.807, 2.05) is 18.2 Å². The van der Waals surface area contributed by atoms with Crippen molar-refractivity contribution >= 4 is 23.4 Å². The standard InChI is InChI=1S/C22H22N4O3/c1-29-22(28)17-9-11-18(12-10-17)24-20-14-13-19(25-26-20)21(27)23-15-5-8-16-6-3-2-4-7-16/h2-4,6-7,9-14H,5,8,15H2,1H3,(H,23,27)(H,24,26). The first-order valence-corrected chi connectivity index (χ1v) is 9.27. The summed E-state index contributed by atoms with van der Waals surface area (Å²) in [5.74, 6) is -0.147. The summed E-state index contributed by atoms with van der Waals surface area (Å²) in [4.78, 5) is 23.6. The van der Waals surface area contributed by atoms with Crippen LogP contribution in [-0.4, -0.2) is 35.7 Å². The van der Waals surface area contributed by atoms with Crippen molar-refractivity contribution in [2.75, 3.05) is 19.0 Å². The predicted octanol–water partition coefficient (Wildman–Crippen LogP) is 3.37. The Morgan fingerprint density at radius 2 is 1.69 bits per heavy atom. The van der Waals surface area contributed by atoms with E-state index in [2.05, 4.69) is 37.7 Å².